The maximum Gasteiger partial charge on any atom is 0.254 e. The zero-order valence-corrected chi connectivity index (χ0v) is 11.0. The van der Waals surface area contributed by atoms with E-state index in [0.717, 1.165) is 13.1 Å². The fourth-order valence-corrected chi connectivity index (χ4v) is 3.67. The van der Waals surface area contributed by atoms with Gasteiger partial charge in [-0.05, 0) is 24.7 Å². The standard InChI is InChI=1S/C14H23NO3/c16-13(12-10-17-8-9-18-12)15-7-6-14(11-15)4-2-1-3-5-14/h12H,1-11H2. The number of carbonyl (C=O) groups is 1. The van der Waals surface area contributed by atoms with Crippen LogP contribution in [-0.4, -0.2) is 49.8 Å². The average molecular weight is 253 g/mol. The molecule has 0 radical (unpaired) electrons. The minimum Gasteiger partial charge on any atom is -0.376 e. The molecule has 0 bridgehead atoms. The predicted molar refractivity (Wildman–Crippen MR) is 67.3 cm³/mol. The molecule has 1 atom stereocenters. The van der Waals surface area contributed by atoms with E-state index in [-0.39, 0.29) is 12.0 Å². The van der Waals surface area contributed by atoms with Crippen LogP contribution in [0.2, 0.25) is 0 Å². The Morgan fingerprint density at radius 1 is 1.11 bits per heavy atom. The average Bonchev–Trinajstić information content (AvgIpc) is 2.83. The molecular formula is C14H23NO3. The highest BCUT2D eigenvalue weighted by molar-refractivity contribution is 5.81. The number of likely N-dealkylation sites (tertiary alicyclic amines) is 1. The van der Waals surface area contributed by atoms with Crippen LogP contribution in [0, 0.1) is 5.41 Å². The Balaban J connectivity index is 1.59. The molecule has 4 heteroatoms. The van der Waals surface area contributed by atoms with Crippen LogP contribution >= 0.6 is 0 Å². The van der Waals surface area contributed by atoms with E-state index in [2.05, 4.69) is 0 Å². The van der Waals surface area contributed by atoms with Gasteiger partial charge in [-0.2, -0.15) is 0 Å². The van der Waals surface area contributed by atoms with Gasteiger partial charge in [0.25, 0.3) is 5.91 Å². The van der Waals surface area contributed by atoms with Crippen molar-refractivity contribution in [3.63, 3.8) is 0 Å². The van der Waals surface area contributed by atoms with Crippen LogP contribution in [0.1, 0.15) is 38.5 Å². The third kappa shape index (κ3) is 2.41. The van der Waals surface area contributed by atoms with Crippen molar-refractivity contribution < 1.29 is 14.3 Å². The zero-order valence-electron chi connectivity index (χ0n) is 11.0. The molecule has 0 N–H and O–H groups in total. The summed E-state index contributed by atoms with van der Waals surface area (Å²) in [6.45, 7) is 3.47. The smallest absolute Gasteiger partial charge is 0.254 e. The molecule has 0 aromatic heterocycles. The molecule has 1 amide bonds. The second kappa shape index (κ2) is 5.17. The molecule has 18 heavy (non-hydrogen) atoms. The van der Waals surface area contributed by atoms with Crippen molar-refractivity contribution in [1.82, 2.24) is 4.90 Å². The fraction of sp³-hybridized carbons (Fsp3) is 0.929. The molecule has 3 rings (SSSR count). The maximum atomic E-state index is 12.3. The molecule has 1 aliphatic carbocycles. The molecule has 1 spiro atoms. The van der Waals surface area contributed by atoms with Gasteiger partial charge in [0.05, 0.1) is 19.8 Å². The highest BCUT2D eigenvalue weighted by Crippen LogP contribution is 2.43. The molecule has 2 aliphatic heterocycles. The van der Waals surface area contributed by atoms with Gasteiger partial charge in [0, 0.05) is 13.1 Å². The van der Waals surface area contributed by atoms with E-state index in [9.17, 15) is 4.79 Å². The molecular weight excluding hydrogens is 230 g/mol. The van der Waals surface area contributed by atoms with Crippen LogP contribution in [0.4, 0.5) is 0 Å². The van der Waals surface area contributed by atoms with E-state index >= 15 is 0 Å². The number of hydrogen-bond donors (Lipinski definition) is 0. The predicted octanol–water partition coefficient (Wildman–Crippen LogP) is 1.58. The summed E-state index contributed by atoms with van der Waals surface area (Å²) in [4.78, 5) is 14.4. The largest absolute Gasteiger partial charge is 0.376 e. The number of ether oxygens (including phenoxy) is 2. The first-order valence-corrected chi connectivity index (χ1v) is 7.27. The Bertz CT molecular complexity index is 306. The lowest BCUT2D eigenvalue weighted by Crippen LogP contribution is -2.45. The van der Waals surface area contributed by atoms with E-state index in [1.54, 1.807) is 0 Å². The Morgan fingerprint density at radius 2 is 1.94 bits per heavy atom. The van der Waals surface area contributed by atoms with Gasteiger partial charge in [0.1, 0.15) is 0 Å². The third-order valence-electron chi connectivity index (χ3n) is 4.76. The SMILES string of the molecule is O=C(C1COCCO1)N1CCC2(CCCCC2)C1. The quantitative estimate of drug-likeness (QED) is 0.712. The van der Waals surface area contributed by atoms with Crippen LogP contribution in [0.25, 0.3) is 0 Å². The Labute approximate surface area is 109 Å². The summed E-state index contributed by atoms with van der Waals surface area (Å²) in [5.74, 6) is 0.150. The van der Waals surface area contributed by atoms with Crippen molar-refractivity contribution in [1.29, 1.82) is 0 Å². The molecule has 1 saturated carbocycles. The lowest BCUT2D eigenvalue weighted by Gasteiger charge is -2.34. The van der Waals surface area contributed by atoms with E-state index < -0.39 is 0 Å². The normalized spacial score (nSPS) is 31.8. The molecule has 3 fully saturated rings. The maximum absolute atomic E-state index is 12.3. The van der Waals surface area contributed by atoms with Crippen LogP contribution in [-0.2, 0) is 14.3 Å². The lowest BCUT2D eigenvalue weighted by atomic mass is 9.73. The van der Waals surface area contributed by atoms with Gasteiger partial charge in [0.2, 0.25) is 0 Å². The summed E-state index contributed by atoms with van der Waals surface area (Å²) in [5.41, 5.74) is 0.434. The Kier molecular flexibility index (Phi) is 3.57. The molecule has 2 saturated heterocycles. The molecule has 3 aliphatic rings. The highest BCUT2D eigenvalue weighted by Gasteiger charge is 2.42. The molecule has 102 valence electrons. The van der Waals surface area contributed by atoms with Crippen molar-refractivity contribution in [2.45, 2.75) is 44.6 Å². The monoisotopic (exact) mass is 253 g/mol. The van der Waals surface area contributed by atoms with Crippen LogP contribution in [0.3, 0.4) is 0 Å². The van der Waals surface area contributed by atoms with Crippen LogP contribution < -0.4 is 0 Å². The zero-order chi connectivity index (χ0) is 12.4. The first-order chi connectivity index (χ1) is 8.79. The van der Waals surface area contributed by atoms with Gasteiger partial charge in [-0.1, -0.05) is 19.3 Å². The molecule has 0 aromatic rings. The topological polar surface area (TPSA) is 38.8 Å². The second-order valence-corrected chi connectivity index (χ2v) is 6.00. The molecule has 0 aromatic carbocycles. The Morgan fingerprint density at radius 3 is 2.67 bits per heavy atom. The van der Waals surface area contributed by atoms with Crippen LogP contribution in [0.5, 0.6) is 0 Å². The molecule has 1 unspecified atom stereocenters. The first-order valence-electron chi connectivity index (χ1n) is 7.27. The summed E-state index contributed by atoms with van der Waals surface area (Å²) in [6, 6.07) is 0. The van der Waals surface area contributed by atoms with Gasteiger partial charge in [-0.3, -0.25) is 4.79 Å². The third-order valence-corrected chi connectivity index (χ3v) is 4.76. The minimum atomic E-state index is -0.350. The number of amides is 1. The summed E-state index contributed by atoms with van der Waals surface area (Å²) in [5, 5.41) is 0. The van der Waals surface area contributed by atoms with Gasteiger partial charge in [0.15, 0.2) is 6.10 Å². The number of hydrogen-bond acceptors (Lipinski definition) is 3. The number of carbonyl (C=O) groups excluding carboxylic acids is 1. The van der Waals surface area contributed by atoms with E-state index in [1.165, 1.54) is 38.5 Å². The molecule has 2 heterocycles. The van der Waals surface area contributed by atoms with Crippen molar-refractivity contribution in [2.24, 2.45) is 5.41 Å². The van der Waals surface area contributed by atoms with Gasteiger partial charge in [-0.25, -0.2) is 0 Å². The summed E-state index contributed by atoms with van der Waals surface area (Å²) in [6.07, 6.45) is 7.49. The van der Waals surface area contributed by atoms with E-state index in [0.29, 0.717) is 25.2 Å². The Hall–Kier alpha value is -0.610. The number of nitrogens with zero attached hydrogens (tertiary/aromatic N) is 1. The highest BCUT2D eigenvalue weighted by atomic mass is 16.6. The summed E-state index contributed by atoms with van der Waals surface area (Å²) < 4.78 is 10.8. The minimum absolute atomic E-state index is 0.150. The van der Waals surface area contributed by atoms with Crippen molar-refractivity contribution in [2.75, 3.05) is 32.9 Å². The van der Waals surface area contributed by atoms with Crippen LogP contribution in [0.15, 0.2) is 0 Å². The fourth-order valence-electron chi connectivity index (χ4n) is 3.67. The second-order valence-electron chi connectivity index (χ2n) is 6.00. The van der Waals surface area contributed by atoms with Crippen molar-refractivity contribution >= 4 is 5.91 Å². The summed E-state index contributed by atoms with van der Waals surface area (Å²) in [7, 11) is 0. The lowest BCUT2D eigenvalue weighted by molar-refractivity contribution is -0.157. The van der Waals surface area contributed by atoms with Gasteiger partial charge >= 0.3 is 0 Å². The van der Waals surface area contributed by atoms with Gasteiger partial charge in [-0.15, -0.1) is 0 Å². The van der Waals surface area contributed by atoms with E-state index in [4.69, 9.17) is 9.47 Å². The van der Waals surface area contributed by atoms with Crippen molar-refractivity contribution in [3.05, 3.63) is 0 Å². The molecule has 4 nitrogen and oxygen atoms in total. The number of rotatable bonds is 1. The van der Waals surface area contributed by atoms with Gasteiger partial charge < -0.3 is 14.4 Å². The first kappa shape index (κ1) is 12.4. The van der Waals surface area contributed by atoms with Crippen molar-refractivity contribution in [3.8, 4) is 0 Å². The van der Waals surface area contributed by atoms with E-state index in [1.807, 2.05) is 4.90 Å². The summed E-state index contributed by atoms with van der Waals surface area (Å²) >= 11 is 0.